The van der Waals surface area contributed by atoms with Crippen molar-refractivity contribution in [3.63, 3.8) is 0 Å². The first-order valence-electron chi connectivity index (χ1n) is 7.90. The molecule has 3 rings (SSSR count). The van der Waals surface area contributed by atoms with Crippen molar-refractivity contribution in [2.45, 2.75) is 11.8 Å². The first-order valence-corrected chi connectivity index (χ1v) is 9.34. The minimum Gasteiger partial charge on any atom is -0.290 e. The molecule has 0 radical (unpaired) electrons. The normalized spacial score (nSPS) is 16.7. The molecule has 0 saturated carbocycles. The van der Waals surface area contributed by atoms with Crippen LogP contribution in [0.5, 0.6) is 0 Å². The Morgan fingerprint density at radius 1 is 0.885 bits per heavy atom. The highest BCUT2D eigenvalue weighted by Crippen LogP contribution is 2.15. The number of allylic oxidation sites excluding steroid dienone is 4. The summed E-state index contributed by atoms with van der Waals surface area (Å²) in [6.07, 6.45) is 4.56. The molecule has 6 heteroatoms. The van der Waals surface area contributed by atoms with Crippen molar-refractivity contribution in [1.29, 1.82) is 0 Å². The maximum Gasteiger partial charge on any atom is 0.284 e. The van der Waals surface area contributed by atoms with Crippen molar-refractivity contribution in [1.82, 2.24) is 0 Å². The summed E-state index contributed by atoms with van der Waals surface area (Å²) >= 11 is 0. The molecule has 2 aromatic rings. The molecule has 0 fully saturated rings. The van der Waals surface area contributed by atoms with Gasteiger partial charge in [-0.3, -0.25) is 4.79 Å². The lowest BCUT2D eigenvalue weighted by Crippen LogP contribution is -2.10. The lowest BCUT2D eigenvalue weighted by Gasteiger charge is -2.07. The lowest BCUT2D eigenvalue weighted by atomic mass is 10.1. The molecule has 0 aliphatic heterocycles. The van der Waals surface area contributed by atoms with Gasteiger partial charge in [-0.2, -0.15) is 8.42 Å². The van der Waals surface area contributed by atoms with Crippen molar-refractivity contribution >= 4 is 27.4 Å². The number of hydrogen-bond acceptors (Lipinski definition) is 3. The largest absolute Gasteiger partial charge is 0.290 e. The summed E-state index contributed by atoms with van der Waals surface area (Å²) in [5.41, 5.74) is 1.56. The van der Waals surface area contributed by atoms with Crippen molar-refractivity contribution in [3.8, 4) is 0 Å². The van der Waals surface area contributed by atoms with Crippen LogP contribution in [0.15, 0.2) is 98.8 Å². The molecular weight excluding hydrogens is 348 g/mol. The Bertz CT molecular complexity index is 1050. The molecule has 130 valence electrons. The van der Waals surface area contributed by atoms with Gasteiger partial charge in [-0.05, 0) is 42.9 Å². The molecule has 5 nitrogen and oxygen atoms in total. The fourth-order valence-electron chi connectivity index (χ4n) is 2.31. The summed E-state index contributed by atoms with van der Waals surface area (Å²) in [7, 11) is -3.91. The van der Waals surface area contributed by atoms with Gasteiger partial charge in [-0.1, -0.05) is 48.5 Å². The van der Waals surface area contributed by atoms with E-state index in [-0.39, 0.29) is 16.5 Å². The zero-order valence-corrected chi connectivity index (χ0v) is 14.8. The van der Waals surface area contributed by atoms with Crippen LogP contribution in [0.2, 0.25) is 0 Å². The lowest BCUT2D eigenvalue weighted by molar-refractivity contribution is -0.111. The third-order valence-corrected chi connectivity index (χ3v) is 4.95. The van der Waals surface area contributed by atoms with Crippen LogP contribution in [0.1, 0.15) is 12.5 Å². The standard InChI is InChI=1S/C20H16N2O3S/c1-15-14-17(12-13-19(15)23)21-20(16-8-4-2-5-9-16)22-26(24,25)18-10-6-3-7-11-18/h2-14H,1H3/b21-17?,22-20+. The second-order valence-corrected chi connectivity index (χ2v) is 7.23. The van der Waals surface area contributed by atoms with E-state index in [0.717, 1.165) is 0 Å². The number of aliphatic imine (C=N–C) groups is 1. The summed E-state index contributed by atoms with van der Waals surface area (Å²) in [5.74, 6) is -0.0356. The molecule has 26 heavy (non-hydrogen) atoms. The summed E-state index contributed by atoms with van der Waals surface area (Å²) in [4.78, 5) is 16.0. The van der Waals surface area contributed by atoms with E-state index >= 15 is 0 Å². The van der Waals surface area contributed by atoms with Gasteiger partial charge in [-0.25, -0.2) is 4.99 Å². The molecule has 0 spiro atoms. The van der Waals surface area contributed by atoms with E-state index in [2.05, 4.69) is 9.39 Å². The number of ketones is 1. The molecule has 1 aliphatic rings. The van der Waals surface area contributed by atoms with Crippen LogP contribution in [-0.4, -0.2) is 25.7 Å². The highest BCUT2D eigenvalue weighted by Gasteiger charge is 2.16. The number of hydrogen-bond donors (Lipinski definition) is 0. The second kappa shape index (κ2) is 7.41. The minimum absolute atomic E-state index is 0.0625. The minimum atomic E-state index is -3.91. The highest BCUT2D eigenvalue weighted by atomic mass is 32.2. The van der Waals surface area contributed by atoms with E-state index in [9.17, 15) is 13.2 Å². The Balaban J connectivity index is 2.11. The van der Waals surface area contributed by atoms with E-state index in [1.165, 1.54) is 18.2 Å². The van der Waals surface area contributed by atoms with E-state index in [0.29, 0.717) is 16.8 Å². The van der Waals surface area contributed by atoms with Crippen LogP contribution in [0.3, 0.4) is 0 Å². The molecule has 0 N–H and O–H groups in total. The first-order chi connectivity index (χ1) is 12.5. The molecule has 1 aliphatic carbocycles. The zero-order valence-electron chi connectivity index (χ0n) is 14.0. The Kier molecular flexibility index (Phi) is 5.04. The van der Waals surface area contributed by atoms with Crippen LogP contribution in [0.25, 0.3) is 0 Å². The molecule has 0 atom stereocenters. The quantitative estimate of drug-likeness (QED) is 0.476. The Labute approximate surface area is 152 Å². The van der Waals surface area contributed by atoms with Gasteiger partial charge < -0.3 is 0 Å². The van der Waals surface area contributed by atoms with Crippen LogP contribution in [0.4, 0.5) is 0 Å². The number of benzene rings is 2. The van der Waals surface area contributed by atoms with Gasteiger partial charge in [-0.15, -0.1) is 4.40 Å². The fourth-order valence-corrected chi connectivity index (χ4v) is 3.29. The number of rotatable bonds is 3. The van der Waals surface area contributed by atoms with Crippen LogP contribution >= 0.6 is 0 Å². The summed E-state index contributed by atoms with van der Waals surface area (Å²) in [6.45, 7) is 1.68. The molecule has 0 heterocycles. The number of carbonyl (C=O) groups excluding carboxylic acids is 1. The Morgan fingerprint density at radius 3 is 2.12 bits per heavy atom. The SMILES string of the molecule is CC1=CC(=N/C(=N/S(=O)(=O)c2ccccc2)c2ccccc2)C=CC1=O. The van der Waals surface area contributed by atoms with Crippen molar-refractivity contribution in [3.05, 3.63) is 90.0 Å². The maximum absolute atomic E-state index is 12.6. The van der Waals surface area contributed by atoms with E-state index in [1.54, 1.807) is 61.5 Å². The third kappa shape index (κ3) is 4.10. The zero-order chi connectivity index (χ0) is 18.6. The number of nitrogens with zero attached hydrogens (tertiary/aromatic N) is 2. The van der Waals surface area contributed by atoms with Crippen molar-refractivity contribution in [2.24, 2.45) is 9.39 Å². The van der Waals surface area contributed by atoms with Crippen LogP contribution in [-0.2, 0) is 14.8 Å². The number of carbonyl (C=O) groups is 1. The van der Waals surface area contributed by atoms with E-state index < -0.39 is 10.0 Å². The van der Waals surface area contributed by atoms with Gasteiger partial charge in [0.25, 0.3) is 10.0 Å². The van der Waals surface area contributed by atoms with Crippen LogP contribution < -0.4 is 0 Å². The third-order valence-electron chi connectivity index (χ3n) is 3.67. The second-order valence-electron chi connectivity index (χ2n) is 5.63. The highest BCUT2D eigenvalue weighted by molar-refractivity contribution is 7.90. The molecule has 0 bridgehead atoms. The molecule has 0 unspecified atom stereocenters. The topological polar surface area (TPSA) is 75.9 Å². The molecule has 0 amide bonds. The van der Waals surface area contributed by atoms with E-state index in [4.69, 9.17) is 0 Å². The average molecular weight is 364 g/mol. The van der Waals surface area contributed by atoms with Crippen LogP contribution in [0, 0.1) is 0 Å². The van der Waals surface area contributed by atoms with Gasteiger partial charge in [0.1, 0.15) is 0 Å². The van der Waals surface area contributed by atoms with Gasteiger partial charge in [0, 0.05) is 5.56 Å². The summed E-state index contributed by atoms with van der Waals surface area (Å²) < 4.78 is 29.2. The van der Waals surface area contributed by atoms with Crippen molar-refractivity contribution < 1.29 is 13.2 Å². The van der Waals surface area contributed by atoms with Crippen molar-refractivity contribution in [2.75, 3.05) is 0 Å². The number of sulfonamides is 1. The van der Waals surface area contributed by atoms with Gasteiger partial charge in [0.05, 0.1) is 10.6 Å². The van der Waals surface area contributed by atoms with Gasteiger partial charge in [0.2, 0.25) is 0 Å². The molecule has 0 saturated heterocycles. The van der Waals surface area contributed by atoms with Gasteiger partial charge >= 0.3 is 0 Å². The smallest absolute Gasteiger partial charge is 0.284 e. The predicted molar refractivity (Wildman–Crippen MR) is 102 cm³/mol. The molecule has 2 aromatic carbocycles. The maximum atomic E-state index is 12.6. The number of amidine groups is 1. The first kappa shape index (κ1) is 17.7. The van der Waals surface area contributed by atoms with Gasteiger partial charge in [0.15, 0.2) is 11.6 Å². The fraction of sp³-hybridized carbons (Fsp3) is 0.0500. The predicted octanol–water partition coefficient (Wildman–Crippen LogP) is 3.35. The monoisotopic (exact) mass is 364 g/mol. The van der Waals surface area contributed by atoms with E-state index in [1.807, 2.05) is 6.07 Å². The summed E-state index contributed by atoms with van der Waals surface area (Å²) in [5, 5.41) is 0. The summed E-state index contributed by atoms with van der Waals surface area (Å²) in [6, 6.07) is 16.8. The molecular formula is C20H16N2O3S. The molecule has 0 aromatic heterocycles. The average Bonchev–Trinajstić information content (AvgIpc) is 2.65. The Morgan fingerprint density at radius 2 is 1.50 bits per heavy atom. The Hall–Kier alpha value is -3.12.